The molecule has 0 radical (unpaired) electrons. The number of hydrogen-bond acceptors (Lipinski definition) is 6. The Labute approximate surface area is 169 Å². The lowest BCUT2D eigenvalue weighted by molar-refractivity contribution is 0.122. The number of morpholine rings is 1. The Kier molecular flexibility index (Phi) is 6.89. The molecule has 9 heteroatoms. The molecule has 0 unspecified atom stereocenters. The molecule has 1 aromatic heterocycles. The molecule has 0 atom stereocenters. The minimum atomic E-state index is -0.291. The van der Waals surface area contributed by atoms with E-state index in [-0.39, 0.29) is 6.03 Å². The summed E-state index contributed by atoms with van der Waals surface area (Å²) in [6, 6.07) is 7.08. The van der Waals surface area contributed by atoms with E-state index >= 15 is 0 Å². The smallest absolute Gasteiger partial charge is 0.319 e. The summed E-state index contributed by atoms with van der Waals surface area (Å²) < 4.78 is 5.38. The fourth-order valence-corrected chi connectivity index (χ4v) is 2.96. The molecule has 0 saturated carbocycles. The summed E-state index contributed by atoms with van der Waals surface area (Å²) in [5.74, 6) is 1.44. The van der Waals surface area contributed by atoms with Crippen LogP contribution in [0.2, 0.25) is 5.02 Å². The average Bonchev–Trinajstić information content (AvgIpc) is 2.68. The highest BCUT2D eigenvalue weighted by Gasteiger charge is 2.14. The highest BCUT2D eigenvalue weighted by atomic mass is 35.5. The van der Waals surface area contributed by atoms with Crippen LogP contribution in [0.15, 0.2) is 24.3 Å². The van der Waals surface area contributed by atoms with Crippen molar-refractivity contribution in [2.24, 2.45) is 0 Å². The van der Waals surface area contributed by atoms with E-state index in [1.54, 1.807) is 6.07 Å². The molecule has 1 saturated heterocycles. The number of amides is 2. The molecule has 0 bridgehead atoms. The maximum atomic E-state index is 12.0. The number of rotatable bonds is 6. The fraction of sp³-hybridized carbons (Fsp3) is 0.421. The van der Waals surface area contributed by atoms with Crippen molar-refractivity contribution in [3.05, 3.63) is 40.5 Å². The van der Waals surface area contributed by atoms with Gasteiger partial charge >= 0.3 is 6.03 Å². The van der Waals surface area contributed by atoms with Crippen molar-refractivity contribution in [3.8, 4) is 0 Å². The van der Waals surface area contributed by atoms with Gasteiger partial charge in [0.15, 0.2) is 0 Å². The number of aryl methyl sites for hydroxylation is 2. The largest absolute Gasteiger partial charge is 0.378 e. The van der Waals surface area contributed by atoms with E-state index in [4.69, 9.17) is 16.3 Å². The summed E-state index contributed by atoms with van der Waals surface area (Å²) in [5.41, 5.74) is 2.51. The molecule has 2 heterocycles. The number of carbonyl (C=O) groups excluding carboxylic acids is 1. The van der Waals surface area contributed by atoms with Crippen LogP contribution < -0.4 is 20.9 Å². The number of benzene rings is 1. The molecular formula is C19H25ClN6O2. The molecule has 1 aliphatic rings. The first-order chi connectivity index (χ1) is 13.5. The van der Waals surface area contributed by atoms with Gasteiger partial charge in [0.1, 0.15) is 5.82 Å². The molecule has 2 aromatic rings. The quantitative estimate of drug-likeness (QED) is 0.641. The van der Waals surface area contributed by atoms with Gasteiger partial charge in [0.25, 0.3) is 0 Å². The molecule has 2 amide bonds. The Morgan fingerprint density at radius 2 is 1.96 bits per heavy atom. The van der Waals surface area contributed by atoms with Gasteiger partial charge in [-0.1, -0.05) is 17.7 Å². The molecule has 8 nitrogen and oxygen atoms in total. The van der Waals surface area contributed by atoms with Gasteiger partial charge in [0.2, 0.25) is 5.95 Å². The summed E-state index contributed by atoms with van der Waals surface area (Å²) in [6.07, 6.45) is 0. The predicted octanol–water partition coefficient (Wildman–Crippen LogP) is 2.82. The number of nitrogens with zero attached hydrogens (tertiary/aromatic N) is 3. The van der Waals surface area contributed by atoms with Crippen molar-refractivity contribution < 1.29 is 9.53 Å². The molecular weight excluding hydrogens is 380 g/mol. The number of hydrogen-bond donors (Lipinski definition) is 3. The summed E-state index contributed by atoms with van der Waals surface area (Å²) in [4.78, 5) is 23.1. The number of nitrogens with one attached hydrogen (secondary N) is 3. The Hall–Kier alpha value is -2.58. The Morgan fingerprint density at radius 1 is 1.18 bits per heavy atom. The third kappa shape index (κ3) is 5.71. The van der Waals surface area contributed by atoms with Crippen molar-refractivity contribution in [1.29, 1.82) is 0 Å². The van der Waals surface area contributed by atoms with Crippen LogP contribution in [0, 0.1) is 13.8 Å². The zero-order chi connectivity index (χ0) is 19.9. The van der Waals surface area contributed by atoms with E-state index in [1.807, 2.05) is 32.0 Å². The minimum absolute atomic E-state index is 0.291. The monoisotopic (exact) mass is 404 g/mol. The normalized spacial score (nSPS) is 13.9. The minimum Gasteiger partial charge on any atom is -0.378 e. The molecule has 1 aliphatic heterocycles. The first-order valence-electron chi connectivity index (χ1n) is 9.24. The topological polar surface area (TPSA) is 91.4 Å². The number of ether oxygens (including phenoxy) is 1. The summed E-state index contributed by atoms with van der Waals surface area (Å²) in [7, 11) is 0. The number of halogens is 1. The van der Waals surface area contributed by atoms with Crippen LogP contribution in [0.1, 0.15) is 11.3 Å². The van der Waals surface area contributed by atoms with Gasteiger partial charge in [-0.3, -0.25) is 0 Å². The van der Waals surface area contributed by atoms with Crippen LogP contribution >= 0.6 is 11.6 Å². The number of carbonyl (C=O) groups is 1. The van der Waals surface area contributed by atoms with Gasteiger partial charge in [-0.2, -0.15) is 4.98 Å². The van der Waals surface area contributed by atoms with Crippen LogP contribution in [-0.2, 0) is 4.74 Å². The van der Waals surface area contributed by atoms with Crippen molar-refractivity contribution in [2.75, 3.05) is 54.9 Å². The van der Waals surface area contributed by atoms with E-state index in [2.05, 4.69) is 30.8 Å². The van der Waals surface area contributed by atoms with Gasteiger partial charge < -0.3 is 25.6 Å². The third-order valence-electron chi connectivity index (χ3n) is 4.30. The van der Waals surface area contributed by atoms with E-state index in [0.717, 1.165) is 30.2 Å². The SMILES string of the molecule is Cc1cc(N2CCOCC2)nc(NCCNC(=O)Nc2ccc(C)c(Cl)c2)n1. The Balaban J connectivity index is 1.46. The lowest BCUT2D eigenvalue weighted by atomic mass is 10.2. The zero-order valence-electron chi connectivity index (χ0n) is 16.1. The van der Waals surface area contributed by atoms with Gasteiger partial charge in [0.05, 0.1) is 13.2 Å². The van der Waals surface area contributed by atoms with E-state index in [1.165, 1.54) is 0 Å². The van der Waals surface area contributed by atoms with Crippen LogP contribution in [0.25, 0.3) is 0 Å². The van der Waals surface area contributed by atoms with Gasteiger partial charge in [-0.05, 0) is 31.5 Å². The number of anilines is 3. The number of urea groups is 1. The van der Waals surface area contributed by atoms with Gasteiger partial charge in [-0.15, -0.1) is 0 Å². The molecule has 3 N–H and O–H groups in total. The molecule has 0 aliphatic carbocycles. The lowest BCUT2D eigenvalue weighted by Crippen LogP contribution is -2.37. The second-order valence-corrected chi connectivity index (χ2v) is 6.97. The van der Waals surface area contributed by atoms with E-state index in [0.29, 0.717) is 43.0 Å². The maximum Gasteiger partial charge on any atom is 0.319 e. The summed E-state index contributed by atoms with van der Waals surface area (Å²) in [5, 5.41) is 9.32. The van der Waals surface area contributed by atoms with Crippen molar-refractivity contribution in [1.82, 2.24) is 15.3 Å². The summed E-state index contributed by atoms with van der Waals surface area (Å²) in [6.45, 7) is 7.84. The second-order valence-electron chi connectivity index (χ2n) is 6.56. The molecule has 28 heavy (non-hydrogen) atoms. The Morgan fingerprint density at radius 3 is 2.71 bits per heavy atom. The maximum absolute atomic E-state index is 12.0. The van der Waals surface area contributed by atoms with E-state index in [9.17, 15) is 4.79 Å². The molecule has 3 rings (SSSR count). The first kappa shape index (κ1) is 20.2. The standard InChI is InChI=1S/C19H25ClN6O2/c1-13-3-4-15(12-16(13)20)24-19(27)22-6-5-21-18-23-14(2)11-17(25-18)26-7-9-28-10-8-26/h3-4,11-12H,5-10H2,1-2H3,(H,21,23,25)(H2,22,24,27). The second kappa shape index (κ2) is 9.57. The Bertz CT molecular complexity index is 826. The van der Waals surface area contributed by atoms with Crippen LogP contribution in [-0.4, -0.2) is 55.4 Å². The molecule has 1 aromatic carbocycles. The van der Waals surface area contributed by atoms with Gasteiger partial charge in [-0.25, -0.2) is 9.78 Å². The third-order valence-corrected chi connectivity index (χ3v) is 4.71. The fourth-order valence-electron chi connectivity index (χ4n) is 2.78. The highest BCUT2D eigenvalue weighted by Crippen LogP contribution is 2.19. The predicted molar refractivity (Wildman–Crippen MR) is 112 cm³/mol. The molecule has 150 valence electrons. The van der Waals surface area contributed by atoms with Crippen LogP contribution in [0.3, 0.4) is 0 Å². The average molecular weight is 405 g/mol. The molecule has 0 spiro atoms. The van der Waals surface area contributed by atoms with Crippen LogP contribution in [0.5, 0.6) is 0 Å². The zero-order valence-corrected chi connectivity index (χ0v) is 16.8. The summed E-state index contributed by atoms with van der Waals surface area (Å²) >= 11 is 6.07. The van der Waals surface area contributed by atoms with Crippen molar-refractivity contribution >= 4 is 35.1 Å². The highest BCUT2D eigenvalue weighted by molar-refractivity contribution is 6.31. The van der Waals surface area contributed by atoms with Crippen molar-refractivity contribution in [3.63, 3.8) is 0 Å². The van der Waals surface area contributed by atoms with Gasteiger partial charge in [0, 0.05) is 48.6 Å². The van der Waals surface area contributed by atoms with Crippen molar-refractivity contribution in [2.45, 2.75) is 13.8 Å². The molecule has 1 fully saturated rings. The van der Waals surface area contributed by atoms with Crippen LogP contribution in [0.4, 0.5) is 22.2 Å². The van der Waals surface area contributed by atoms with E-state index < -0.39 is 0 Å². The number of aromatic nitrogens is 2. The first-order valence-corrected chi connectivity index (χ1v) is 9.62. The lowest BCUT2D eigenvalue weighted by Gasteiger charge is -2.28.